The Kier molecular flexibility index (Phi) is 10.0. The van der Waals surface area contributed by atoms with E-state index in [2.05, 4.69) is 5.32 Å². The van der Waals surface area contributed by atoms with Crippen molar-refractivity contribution >= 4 is 46.6 Å². The van der Waals surface area contributed by atoms with E-state index in [4.69, 9.17) is 34.8 Å². The van der Waals surface area contributed by atoms with Gasteiger partial charge in [0.25, 0.3) is 0 Å². The lowest BCUT2D eigenvalue weighted by atomic mass is 10.0. The number of hydrogen-bond acceptors (Lipinski definition) is 2. The Hall–Kier alpha value is -2.53. The molecule has 0 aliphatic rings. The lowest BCUT2D eigenvalue weighted by Crippen LogP contribution is -2.51. The molecule has 0 aromatic heterocycles. The molecule has 0 aliphatic carbocycles. The van der Waals surface area contributed by atoms with Gasteiger partial charge in [0, 0.05) is 34.6 Å². The van der Waals surface area contributed by atoms with Crippen molar-refractivity contribution in [2.75, 3.05) is 6.54 Å². The molecule has 0 saturated carbocycles. The number of nitrogens with one attached hydrogen (secondary N) is 1. The summed E-state index contributed by atoms with van der Waals surface area (Å²) in [6, 6.07) is 21.4. The highest BCUT2D eigenvalue weighted by atomic mass is 35.5. The molecule has 1 atom stereocenters. The Bertz CT molecular complexity index is 1150. The van der Waals surface area contributed by atoms with Crippen LogP contribution in [0.15, 0.2) is 72.8 Å². The predicted molar refractivity (Wildman–Crippen MR) is 144 cm³/mol. The molecule has 0 saturated heterocycles. The van der Waals surface area contributed by atoms with Crippen LogP contribution in [0.5, 0.6) is 0 Å². The van der Waals surface area contributed by atoms with Gasteiger partial charge in [-0.05, 0) is 46.9 Å². The van der Waals surface area contributed by atoms with Crippen LogP contribution in [-0.4, -0.2) is 29.3 Å². The number of amides is 2. The molecule has 2 amide bonds. The lowest BCUT2D eigenvalue weighted by Gasteiger charge is -2.32. The van der Waals surface area contributed by atoms with Gasteiger partial charge in [-0.25, -0.2) is 0 Å². The van der Waals surface area contributed by atoms with Gasteiger partial charge in [-0.2, -0.15) is 0 Å². The number of halogens is 3. The number of carbonyl (C=O) groups is 2. The minimum absolute atomic E-state index is 0.0410. The van der Waals surface area contributed by atoms with E-state index in [0.29, 0.717) is 33.6 Å². The maximum atomic E-state index is 13.7. The zero-order valence-electron chi connectivity index (χ0n) is 19.8. The van der Waals surface area contributed by atoms with Crippen LogP contribution in [0.3, 0.4) is 0 Å². The summed E-state index contributed by atoms with van der Waals surface area (Å²) in [6.07, 6.45) is 0.421. The van der Waals surface area contributed by atoms with Crippen LogP contribution in [0, 0.1) is 5.92 Å². The Morgan fingerprint density at radius 2 is 1.54 bits per heavy atom. The van der Waals surface area contributed by atoms with Crippen molar-refractivity contribution in [1.82, 2.24) is 10.2 Å². The number of rotatable bonds is 10. The van der Waals surface area contributed by atoms with E-state index < -0.39 is 6.04 Å². The monoisotopic (exact) mass is 530 g/mol. The molecule has 0 fully saturated rings. The van der Waals surface area contributed by atoms with Gasteiger partial charge in [0.15, 0.2) is 0 Å². The normalized spacial score (nSPS) is 11.8. The largest absolute Gasteiger partial charge is 0.354 e. The molecule has 4 nitrogen and oxygen atoms in total. The molecule has 0 aliphatic heterocycles. The standard InChI is InChI=1S/C28H29Cl3N2O2/c1-19(2)17-32-28(35)26(14-20-7-4-3-5-8-20)33(18-21-9-6-10-23(29)13-21)27(34)15-22-11-12-24(30)16-25(22)31/h3-13,16,19,26H,14-15,17-18H2,1-2H3,(H,32,35). The van der Waals surface area contributed by atoms with Crippen molar-refractivity contribution in [2.24, 2.45) is 5.92 Å². The number of benzene rings is 3. The van der Waals surface area contributed by atoms with E-state index in [1.165, 1.54) is 0 Å². The summed E-state index contributed by atoms with van der Waals surface area (Å²) in [7, 11) is 0. The zero-order chi connectivity index (χ0) is 25.4. The fourth-order valence-electron chi connectivity index (χ4n) is 3.74. The van der Waals surface area contributed by atoms with E-state index in [-0.39, 0.29) is 30.7 Å². The average molecular weight is 532 g/mol. The molecular formula is C28H29Cl3N2O2. The first kappa shape index (κ1) is 27.1. The molecule has 184 valence electrons. The van der Waals surface area contributed by atoms with Crippen LogP contribution in [0.25, 0.3) is 0 Å². The third-order valence-corrected chi connectivity index (χ3v) is 6.38. The predicted octanol–water partition coefficient (Wildman–Crippen LogP) is 6.60. The summed E-state index contributed by atoms with van der Waals surface area (Å²) in [4.78, 5) is 28.8. The molecular weight excluding hydrogens is 503 g/mol. The van der Waals surface area contributed by atoms with E-state index in [1.54, 1.807) is 29.2 Å². The van der Waals surface area contributed by atoms with Gasteiger partial charge in [0.05, 0.1) is 6.42 Å². The molecule has 0 spiro atoms. The van der Waals surface area contributed by atoms with E-state index >= 15 is 0 Å². The van der Waals surface area contributed by atoms with Gasteiger partial charge in [0.1, 0.15) is 6.04 Å². The fraction of sp³-hybridized carbons (Fsp3) is 0.286. The summed E-state index contributed by atoms with van der Waals surface area (Å²) in [6.45, 7) is 4.82. The minimum atomic E-state index is -0.714. The third kappa shape index (κ3) is 8.28. The van der Waals surface area contributed by atoms with Gasteiger partial charge < -0.3 is 10.2 Å². The Labute approximate surface area is 222 Å². The first-order chi connectivity index (χ1) is 16.7. The fourth-order valence-corrected chi connectivity index (χ4v) is 4.43. The van der Waals surface area contributed by atoms with Crippen LogP contribution in [0.2, 0.25) is 15.1 Å². The van der Waals surface area contributed by atoms with Crippen LogP contribution in [0.4, 0.5) is 0 Å². The lowest BCUT2D eigenvalue weighted by molar-refractivity contribution is -0.140. The van der Waals surface area contributed by atoms with Gasteiger partial charge in [-0.1, -0.05) is 97.2 Å². The highest BCUT2D eigenvalue weighted by molar-refractivity contribution is 6.35. The maximum absolute atomic E-state index is 13.7. The topological polar surface area (TPSA) is 49.4 Å². The molecule has 3 rings (SSSR count). The quantitative estimate of drug-likeness (QED) is 0.320. The summed E-state index contributed by atoms with van der Waals surface area (Å²) in [5.41, 5.74) is 2.45. The zero-order valence-corrected chi connectivity index (χ0v) is 22.1. The van der Waals surface area contributed by atoms with Crippen molar-refractivity contribution in [1.29, 1.82) is 0 Å². The first-order valence-electron chi connectivity index (χ1n) is 11.5. The van der Waals surface area contributed by atoms with Gasteiger partial charge in [0.2, 0.25) is 11.8 Å². The molecule has 1 N–H and O–H groups in total. The highest BCUT2D eigenvalue weighted by Crippen LogP contribution is 2.24. The van der Waals surface area contributed by atoms with Gasteiger partial charge in [-0.15, -0.1) is 0 Å². The molecule has 0 heterocycles. The molecule has 1 unspecified atom stereocenters. The third-order valence-electron chi connectivity index (χ3n) is 5.55. The summed E-state index contributed by atoms with van der Waals surface area (Å²) >= 11 is 18.6. The van der Waals surface area contributed by atoms with E-state index in [9.17, 15) is 9.59 Å². The molecule has 7 heteroatoms. The van der Waals surface area contributed by atoms with Crippen molar-refractivity contribution in [2.45, 2.75) is 39.3 Å². The SMILES string of the molecule is CC(C)CNC(=O)C(Cc1ccccc1)N(Cc1cccc(Cl)c1)C(=O)Cc1ccc(Cl)cc1Cl. The second-order valence-corrected chi connectivity index (χ2v) is 10.2. The van der Waals surface area contributed by atoms with Crippen molar-refractivity contribution < 1.29 is 9.59 Å². The van der Waals surface area contributed by atoms with Crippen molar-refractivity contribution in [3.05, 3.63) is 105 Å². The number of nitrogens with zero attached hydrogens (tertiary/aromatic N) is 1. The number of carbonyl (C=O) groups excluding carboxylic acids is 2. The van der Waals surface area contributed by atoms with Gasteiger partial charge >= 0.3 is 0 Å². The Morgan fingerprint density at radius 1 is 0.857 bits per heavy atom. The Morgan fingerprint density at radius 3 is 2.20 bits per heavy atom. The summed E-state index contributed by atoms with van der Waals surface area (Å²) in [5, 5.41) is 4.50. The maximum Gasteiger partial charge on any atom is 0.243 e. The molecule has 35 heavy (non-hydrogen) atoms. The second kappa shape index (κ2) is 13.0. The van der Waals surface area contributed by atoms with Crippen LogP contribution in [-0.2, 0) is 29.0 Å². The van der Waals surface area contributed by atoms with Crippen molar-refractivity contribution in [3.63, 3.8) is 0 Å². The second-order valence-electron chi connectivity index (χ2n) is 8.91. The van der Waals surface area contributed by atoms with E-state index in [0.717, 1.165) is 11.1 Å². The highest BCUT2D eigenvalue weighted by Gasteiger charge is 2.30. The Balaban J connectivity index is 1.97. The van der Waals surface area contributed by atoms with Crippen LogP contribution < -0.4 is 5.32 Å². The van der Waals surface area contributed by atoms with Crippen LogP contribution in [0.1, 0.15) is 30.5 Å². The molecule has 0 bridgehead atoms. The summed E-state index contributed by atoms with van der Waals surface area (Å²) in [5.74, 6) is -0.128. The minimum Gasteiger partial charge on any atom is -0.354 e. The average Bonchev–Trinajstić information content (AvgIpc) is 2.82. The molecule has 0 radical (unpaired) electrons. The van der Waals surface area contributed by atoms with Crippen LogP contribution >= 0.6 is 34.8 Å². The number of hydrogen-bond donors (Lipinski definition) is 1. The summed E-state index contributed by atoms with van der Waals surface area (Å²) < 4.78 is 0. The molecule has 3 aromatic carbocycles. The molecule has 3 aromatic rings. The van der Waals surface area contributed by atoms with E-state index in [1.807, 2.05) is 62.4 Å². The smallest absolute Gasteiger partial charge is 0.243 e. The van der Waals surface area contributed by atoms with Gasteiger partial charge in [-0.3, -0.25) is 9.59 Å². The van der Waals surface area contributed by atoms with Crippen molar-refractivity contribution in [3.8, 4) is 0 Å². The first-order valence-corrected chi connectivity index (χ1v) is 12.7.